The molecule has 0 unspecified atom stereocenters. The Kier molecular flexibility index (Phi) is 14.6. The van der Waals surface area contributed by atoms with Crippen molar-refractivity contribution in [3.63, 3.8) is 0 Å². The van der Waals surface area contributed by atoms with E-state index in [1.54, 1.807) is 22.3 Å². The van der Waals surface area contributed by atoms with E-state index < -0.39 is 53.2 Å². The maximum absolute atomic E-state index is 2.58. The van der Waals surface area contributed by atoms with Crippen molar-refractivity contribution in [2.24, 2.45) is 0 Å². The van der Waals surface area contributed by atoms with Crippen molar-refractivity contribution in [2.75, 3.05) is 0 Å². The summed E-state index contributed by atoms with van der Waals surface area (Å²) in [7, 11) is 0. The van der Waals surface area contributed by atoms with Gasteiger partial charge in [0.1, 0.15) is 0 Å². The molecule has 0 atom stereocenters. The second kappa shape index (κ2) is 15.2. The van der Waals surface area contributed by atoms with E-state index in [0.29, 0.717) is 0 Å². The minimum atomic E-state index is -1.58. The van der Waals surface area contributed by atoms with Crippen molar-refractivity contribution in [1.82, 2.24) is 0 Å². The molecule has 0 aromatic heterocycles. The van der Waals surface area contributed by atoms with Crippen molar-refractivity contribution in [1.29, 1.82) is 0 Å². The van der Waals surface area contributed by atoms with E-state index >= 15 is 0 Å². The molecule has 0 aliphatic heterocycles. The number of hydrogen-bond donors (Lipinski definition) is 0. The van der Waals surface area contributed by atoms with Crippen molar-refractivity contribution >= 4 is 12.0 Å². The van der Waals surface area contributed by atoms with Gasteiger partial charge in [-0.3, -0.25) is 0 Å². The summed E-state index contributed by atoms with van der Waals surface area (Å²) in [6.07, 6.45) is 24.1. The molecule has 0 heterocycles. The largest absolute Gasteiger partial charge is 1.00 e. The molecule has 0 saturated heterocycles. The first-order chi connectivity index (χ1) is 15.2. The first kappa shape index (κ1) is 32.7. The van der Waals surface area contributed by atoms with Crippen molar-refractivity contribution < 1.29 is 66.0 Å². The topological polar surface area (TPSA) is 0 Å². The van der Waals surface area contributed by atoms with Gasteiger partial charge < -0.3 is 24.8 Å². The van der Waals surface area contributed by atoms with Gasteiger partial charge in [0.2, 0.25) is 0 Å². The molecular weight excluding hydrogens is 820 g/mol. The van der Waals surface area contributed by atoms with E-state index in [-0.39, 0.29) is 24.8 Å². The fourth-order valence-corrected chi connectivity index (χ4v) is 64.4. The summed E-state index contributed by atoms with van der Waals surface area (Å²) in [5, 5.41) is 0. The van der Waals surface area contributed by atoms with Crippen LogP contribution in [0.4, 0.5) is 0 Å². The molecule has 34 heavy (non-hydrogen) atoms. The first-order valence-corrected chi connectivity index (χ1v) is 37.8. The van der Waals surface area contributed by atoms with Crippen LogP contribution in [-0.2, 0) is 41.2 Å². The Bertz CT molecular complexity index is 840. The smallest absolute Gasteiger partial charge is 1.00 e. The van der Waals surface area contributed by atoms with Crippen LogP contribution >= 0.6 is 0 Å². The Morgan fingerprint density at radius 1 is 0.471 bits per heavy atom. The fraction of sp³-hybridized carbons (Fsp3) is 0.429. The van der Waals surface area contributed by atoms with Gasteiger partial charge in [0.25, 0.3) is 0 Å². The Balaban J connectivity index is 0.000000321. The standard InChI is InChI=1S/4C6H7.2C2H7Si.2ClH.2Hf/c4*1-6-4-2-3-5-6;2*1-3-2;;;;/h4*2,4H,3H2,1H3;2*3H,1-2H3;2*1H;;/q;;;;;;;;2*+1/p-2. The summed E-state index contributed by atoms with van der Waals surface area (Å²) < 4.78 is 7.68. The van der Waals surface area contributed by atoms with Crippen molar-refractivity contribution in [2.45, 2.75) is 79.6 Å². The number of hydrogen-bond acceptors (Lipinski definition) is 0. The molecule has 0 aromatic carbocycles. The first-order valence-electron chi connectivity index (χ1n) is 12.4. The van der Waals surface area contributed by atoms with E-state index in [1.807, 2.05) is 13.3 Å². The predicted molar refractivity (Wildman–Crippen MR) is 144 cm³/mol. The van der Waals surface area contributed by atoms with Crippen LogP contribution < -0.4 is 24.8 Å². The van der Waals surface area contributed by atoms with Crippen LogP contribution in [0.25, 0.3) is 0 Å². The second-order valence-corrected chi connectivity index (χ2v) is 63.8. The van der Waals surface area contributed by atoms with Crippen LogP contribution in [0.5, 0.6) is 0 Å². The molecule has 4 rings (SSSR count). The summed E-state index contributed by atoms with van der Waals surface area (Å²) in [6.45, 7) is 19.7. The SMILES string of the molecule is CC1=[C]([Hf+]([C]2=C(C)C=CC2)[SiH](C)C)CC=C1.CC1=[C]([Hf+]([C]2=C(C)C=CC2)[SiH](C)C)CC=C1.[Cl-].[Cl-]. The zero-order chi connectivity index (χ0) is 23.4. The third-order valence-corrected chi connectivity index (χ3v) is 63.7. The maximum atomic E-state index is 2.58. The molecule has 0 aromatic rings. The van der Waals surface area contributed by atoms with Crippen LogP contribution in [-0.4, -0.2) is 12.0 Å². The van der Waals surface area contributed by atoms with Crippen LogP contribution in [0, 0.1) is 0 Å². The summed E-state index contributed by atoms with van der Waals surface area (Å²) in [5.41, 5.74) is 6.48. The van der Waals surface area contributed by atoms with E-state index in [0.717, 1.165) is 0 Å². The Morgan fingerprint density at radius 2 is 0.676 bits per heavy atom. The Labute approximate surface area is 239 Å². The normalized spacial score (nSPS) is 18.4. The van der Waals surface area contributed by atoms with Gasteiger partial charge in [0.05, 0.1) is 0 Å². The minimum absolute atomic E-state index is 0. The summed E-state index contributed by atoms with van der Waals surface area (Å²) >= 11 is -3.16. The molecule has 4 aliphatic carbocycles. The van der Waals surface area contributed by atoms with Crippen molar-refractivity contribution in [3.8, 4) is 0 Å². The van der Waals surface area contributed by atoms with E-state index in [1.165, 1.54) is 25.7 Å². The quantitative estimate of drug-likeness (QED) is 0.360. The summed E-state index contributed by atoms with van der Waals surface area (Å²) in [6, 6.07) is 0. The van der Waals surface area contributed by atoms with E-state index in [9.17, 15) is 0 Å². The van der Waals surface area contributed by atoms with Gasteiger partial charge in [-0.2, -0.15) is 0 Å². The molecule has 0 spiro atoms. The van der Waals surface area contributed by atoms with Crippen LogP contribution in [0.1, 0.15) is 53.4 Å². The monoisotopic (exact) mass is 864 g/mol. The van der Waals surface area contributed by atoms with E-state index in [4.69, 9.17) is 0 Å². The molecule has 0 saturated carbocycles. The van der Waals surface area contributed by atoms with Gasteiger partial charge in [-0.15, -0.1) is 0 Å². The molecule has 0 fully saturated rings. The summed E-state index contributed by atoms with van der Waals surface area (Å²) in [5.74, 6) is -0.903. The zero-order valence-electron chi connectivity index (χ0n) is 22.4. The molecule has 184 valence electrons. The molecule has 0 bridgehead atoms. The van der Waals surface area contributed by atoms with Gasteiger partial charge in [0, 0.05) is 0 Å². The second-order valence-electron chi connectivity index (χ2n) is 10.2. The van der Waals surface area contributed by atoms with Gasteiger partial charge in [0.15, 0.2) is 0 Å². The fourth-order valence-electron chi connectivity index (χ4n) is 5.51. The Morgan fingerprint density at radius 3 is 0.794 bits per heavy atom. The van der Waals surface area contributed by atoms with Crippen LogP contribution in [0.15, 0.2) is 84.2 Å². The van der Waals surface area contributed by atoms with Gasteiger partial charge in [-0.1, -0.05) is 0 Å². The molecule has 0 amide bonds. The third-order valence-electron chi connectivity index (χ3n) is 7.12. The molecule has 6 heteroatoms. The third kappa shape index (κ3) is 7.84. The number of allylic oxidation sites excluding steroid dienone is 16. The van der Waals surface area contributed by atoms with Crippen molar-refractivity contribution in [3.05, 3.63) is 84.2 Å². The molecule has 0 radical (unpaired) electrons. The summed E-state index contributed by atoms with van der Waals surface area (Å²) in [4.78, 5) is 0. The maximum Gasteiger partial charge on any atom is -1.00 e. The zero-order valence-corrected chi connectivity index (χ0v) is 33.4. The molecular formula is C28H42Cl2Hf2Si2. The van der Waals surface area contributed by atoms with Gasteiger partial charge in [-0.25, -0.2) is 0 Å². The average molecular weight is 863 g/mol. The number of halogens is 2. The molecule has 4 aliphatic rings. The predicted octanol–water partition coefficient (Wildman–Crippen LogP) is 2.12. The Hall–Kier alpha value is 0.674. The van der Waals surface area contributed by atoms with Crippen LogP contribution in [0.2, 0.25) is 26.2 Å². The number of rotatable bonds is 6. The minimum Gasteiger partial charge on any atom is -1.00 e. The van der Waals surface area contributed by atoms with Gasteiger partial charge in [-0.05, 0) is 0 Å². The average Bonchev–Trinajstić information content (AvgIpc) is 3.51. The molecule has 0 nitrogen and oxygen atoms in total. The molecule has 0 N–H and O–H groups in total. The van der Waals surface area contributed by atoms with E-state index in [2.05, 4.69) is 102 Å². The van der Waals surface area contributed by atoms with Gasteiger partial charge >= 0.3 is 217 Å². The van der Waals surface area contributed by atoms with Crippen LogP contribution in [0.3, 0.4) is 0 Å².